The van der Waals surface area contributed by atoms with E-state index >= 15 is 0 Å². The van der Waals surface area contributed by atoms with Crippen molar-refractivity contribution in [1.82, 2.24) is 9.55 Å². The highest BCUT2D eigenvalue weighted by Crippen LogP contribution is 2.38. The van der Waals surface area contributed by atoms with Crippen molar-refractivity contribution < 1.29 is 4.42 Å². The predicted molar refractivity (Wildman–Crippen MR) is 164 cm³/mol. The Labute approximate surface area is 233 Å². The number of rotatable bonds is 3. The number of benzene rings is 5. The molecule has 3 nitrogen and oxygen atoms in total. The highest BCUT2D eigenvalue weighted by Gasteiger charge is 2.14. The minimum atomic E-state index is 0.908. The van der Waals surface area contributed by atoms with Gasteiger partial charge in [0, 0.05) is 32.2 Å². The molecule has 0 bridgehead atoms. The zero-order valence-corrected chi connectivity index (χ0v) is 22.4. The van der Waals surface area contributed by atoms with Crippen molar-refractivity contribution in [2.75, 3.05) is 0 Å². The van der Waals surface area contributed by atoms with E-state index in [4.69, 9.17) is 4.42 Å². The first-order chi connectivity index (χ1) is 19.2. The lowest BCUT2D eigenvalue weighted by Gasteiger charge is -2.10. The maximum atomic E-state index is 6.05. The van der Waals surface area contributed by atoms with Gasteiger partial charge in [0.15, 0.2) is 0 Å². The lowest BCUT2D eigenvalue weighted by molar-refractivity contribution is 0.669. The Morgan fingerprint density at radius 1 is 0.538 bits per heavy atom. The Morgan fingerprint density at radius 2 is 1.23 bits per heavy atom. The summed E-state index contributed by atoms with van der Waals surface area (Å²) in [4.78, 5) is 4.37. The zero-order valence-electron chi connectivity index (χ0n) is 20.8. The molecule has 0 aliphatic carbocycles. The van der Waals surface area contributed by atoms with Gasteiger partial charge in [-0.1, -0.05) is 64.5 Å². The van der Waals surface area contributed by atoms with E-state index in [0.29, 0.717) is 0 Å². The number of para-hydroxylation sites is 2. The van der Waals surface area contributed by atoms with Crippen molar-refractivity contribution in [1.29, 1.82) is 0 Å². The zero-order chi connectivity index (χ0) is 25.9. The summed E-state index contributed by atoms with van der Waals surface area (Å²) in [5.74, 6) is 0. The molecule has 39 heavy (non-hydrogen) atoms. The summed E-state index contributed by atoms with van der Waals surface area (Å²) in [5, 5.41) is 4.72. The molecular weight excluding hydrogens is 544 g/mol. The highest BCUT2D eigenvalue weighted by atomic mass is 79.9. The van der Waals surface area contributed by atoms with Gasteiger partial charge in [-0.05, 0) is 89.0 Å². The van der Waals surface area contributed by atoms with Crippen LogP contribution in [0.4, 0.5) is 0 Å². The molecule has 0 unspecified atom stereocenters. The molecule has 5 aromatic carbocycles. The van der Waals surface area contributed by atoms with E-state index in [1.54, 1.807) is 0 Å². The normalized spacial score (nSPS) is 11.7. The molecule has 0 spiro atoms. The van der Waals surface area contributed by atoms with E-state index in [2.05, 4.69) is 123 Å². The maximum absolute atomic E-state index is 6.05. The quantitative estimate of drug-likeness (QED) is 0.213. The second-order valence-electron chi connectivity index (χ2n) is 9.83. The molecule has 3 heterocycles. The SMILES string of the molecule is Brc1cc(-c2ccc3oc4ccccc4c3c2)cc(-c2ccc3c(c2)c2ccccc2n3-c2cccnc2)c1. The van der Waals surface area contributed by atoms with E-state index in [1.807, 2.05) is 30.6 Å². The fourth-order valence-corrected chi connectivity index (χ4v) is 6.24. The summed E-state index contributed by atoms with van der Waals surface area (Å²) in [5.41, 5.74) is 9.88. The number of fused-ring (bicyclic) bond motifs is 6. The topological polar surface area (TPSA) is 31.0 Å². The Morgan fingerprint density at radius 3 is 2.05 bits per heavy atom. The molecule has 0 aliphatic rings. The van der Waals surface area contributed by atoms with Gasteiger partial charge in [0.05, 0.1) is 22.9 Å². The molecule has 3 aromatic heterocycles. The molecule has 4 heteroatoms. The van der Waals surface area contributed by atoms with Crippen molar-refractivity contribution in [2.24, 2.45) is 0 Å². The van der Waals surface area contributed by atoms with Crippen LogP contribution in [0.2, 0.25) is 0 Å². The average Bonchev–Trinajstić information content (AvgIpc) is 3.52. The molecule has 0 saturated carbocycles. The number of furan rings is 1. The first kappa shape index (κ1) is 22.3. The second kappa shape index (κ2) is 8.69. The van der Waals surface area contributed by atoms with Crippen LogP contribution in [0.3, 0.4) is 0 Å². The largest absolute Gasteiger partial charge is 0.456 e. The van der Waals surface area contributed by atoms with Crippen molar-refractivity contribution >= 4 is 59.7 Å². The number of halogens is 1. The summed E-state index contributed by atoms with van der Waals surface area (Å²) in [6, 6.07) is 40.7. The molecule has 0 atom stereocenters. The third-order valence-electron chi connectivity index (χ3n) is 7.52. The molecule has 0 radical (unpaired) electrons. The predicted octanol–water partition coefficient (Wildman–Crippen LogP) is 10.2. The highest BCUT2D eigenvalue weighted by molar-refractivity contribution is 9.10. The van der Waals surface area contributed by atoms with Gasteiger partial charge in [-0.2, -0.15) is 0 Å². The standard InChI is InChI=1S/C35H21BrN2O/c36-26-17-24(16-25(18-26)23-12-14-35-31(20-23)29-8-2-4-10-34(29)39-35)22-11-13-33-30(19-22)28-7-1-3-9-32(28)38(33)27-6-5-15-37-21-27/h1-21H. The van der Waals surface area contributed by atoms with Gasteiger partial charge in [-0.25, -0.2) is 0 Å². The van der Waals surface area contributed by atoms with Crippen LogP contribution >= 0.6 is 15.9 Å². The van der Waals surface area contributed by atoms with Gasteiger partial charge < -0.3 is 8.98 Å². The van der Waals surface area contributed by atoms with E-state index < -0.39 is 0 Å². The fraction of sp³-hybridized carbons (Fsp3) is 0. The van der Waals surface area contributed by atoms with Crippen LogP contribution in [0.5, 0.6) is 0 Å². The molecule has 0 N–H and O–H groups in total. The summed E-state index contributed by atoms with van der Waals surface area (Å²) < 4.78 is 9.39. The number of nitrogens with zero attached hydrogens (tertiary/aromatic N) is 2. The minimum Gasteiger partial charge on any atom is -0.456 e. The summed E-state index contributed by atoms with van der Waals surface area (Å²) >= 11 is 3.78. The Hall–Kier alpha value is -4.67. The number of aromatic nitrogens is 2. The summed E-state index contributed by atoms with van der Waals surface area (Å²) in [7, 11) is 0. The van der Waals surface area contributed by atoms with Gasteiger partial charge in [-0.3, -0.25) is 4.98 Å². The fourth-order valence-electron chi connectivity index (χ4n) is 5.75. The maximum Gasteiger partial charge on any atom is 0.135 e. The van der Waals surface area contributed by atoms with Gasteiger partial charge in [-0.15, -0.1) is 0 Å². The first-order valence-corrected chi connectivity index (χ1v) is 13.7. The van der Waals surface area contributed by atoms with Crippen LogP contribution in [-0.2, 0) is 0 Å². The van der Waals surface area contributed by atoms with Crippen LogP contribution in [0.25, 0.3) is 71.7 Å². The van der Waals surface area contributed by atoms with E-state index in [9.17, 15) is 0 Å². The molecule has 0 aliphatic heterocycles. The monoisotopic (exact) mass is 564 g/mol. The Balaban J connectivity index is 1.30. The number of hydrogen-bond donors (Lipinski definition) is 0. The van der Waals surface area contributed by atoms with Crippen LogP contribution in [0.1, 0.15) is 0 Å². The third kappa shape index (κ3) is 3.60. The van der Waals surface area contributed by atoms with Gasteiger partial charge in [0.1, 0.15) is 11.2 Å². The lowest BCUT2D eigenvalue weighted by atomic mass is 9.97. The van der Waals surface area contributed by atoms with Gasteiger partial charge in [0.2, 0.25) is 0 Å². The summed E-state index contributed by atoms with van der Waals surface area (Å²) in [6.45, 7) is 0. The smallest absolute Gasteiger partial charge is 0.135 e. The molecule has 0 fully saturated rings. The Bertz CT molecular complexity index is 2190. The van der Waals surface area contributed by atoms with Crippen molar-refractivity contribution in [3.05, 3.63) is 132 Å². The number of pyridine rings is 1. The lowest BCUT2D eigenvalue weighted by Crippen LogP contribution is -1.93. The molecule has 184 valence electrons. The van der Waals surface area contributed by atoms with Crippen molar-refractivity contribution in [3.63, 3.8) is 0 Å². The molecule has 8 aromatic rings. The average molecular weight is 565 g/mol. The van der Waals surface area contributed by atoms with Crippen molar-refractivity contribution in [2.45, 2.75) is 0 Å². The summed E-state index contributed by atoms with van der Waals surface area (Å²) in [6.07, 6.45) is 3.73. The van der Waals surface area contributed by atoms with Gasteiger partial charge in [0.25, 0.3) is 0 Å². The number of hydrogen-bond acceptors (Lipinski definition) is 2. The van der Waals surface area contributed by atoms with Crippen molar-refractivity contribution in [3.8, 4) is 27.9 Å². The van der Waals surface area contributed by atoms with E-state index in [1.165, 1.54) is 27.4 Å². The van der Waals surface area contributed by atoms with Gasteiger partial charge >= 0.3 is 0 Å². The molecule has 0 amide bonds. The van der Waals surface area contributed by atoms with Crippen LogP contribution in [0, 0.1) is 0 Å². The van der Waals surface area contributed by atoms with E-state index in [-0.39, 0.29) is 0 Å². The molecule has 8 rings (SSSR count). The second-order valence-corrected chi connectivity index (χ2v) is 10.7. The van der Waals surface area contributed by atoms with Crippen LogP contribution in [0.15, 0.2) is 137 Å². The molecule has 0 saturated heterocycles. The van der Waals surface area contributed by atoms with Crippen LogP contribution in [-0.4, -0.2) is 9.55 Å². The molecular formula is C35H21BrN2O. The Kier molecular flexibility index (Phi) is 4.97. The van der Waals surface area contributed by atoms with Crippen LogP contribution < -0.4 is 0 Å². The minimum absolute atomic E-state index is 0.908. The van der Waals surface area contributed by atoms with E-state index in [0.717, 1.165) is 48.8 Å². The first-order valence-electron chi connectivity index (χ1n) is 12.9. The third-order valence-corrected chi connectivity index (χ3v) is 7.98.